The van der Waals surface area contributed by atoms with Gasteiger partial charge in [-0.1, -0.05) is 38.1 Å². The van der Waals surface area contributed by atoms with Gasteiger partial charge in [0, 0.05) is 59.8 Å². The lowest BCUT2D eigenvalue weighted by atomic mass is 9.73. The van der Waals surface area contributed by atoms with Crippen LogP contribution in [0, 0.1) is 17.0 Å². The lowest BCUT2D eigenvalue weighted by Gasteiger charge is -2.37. The van der Waals surface area contributed by atoms with Gasteiger partial charge in [-0.15, -0.1) is 0 Å². The van der Waals surface area contributed by atoms with E-state index in [1.807, 2.05) is 0 Å². The predicted molar refractivity (Wildman–Crippen MR) is 188 cm³/mol. The second-order valence-electron chi connectivity index (χ2n) is 13.2. The molecule has 1 atom stereocenters. The molecule has 0 radical (unpaired) electrons. The predicted octanol–water partition coefficient (Wildman–Crippen LogP) is 8.68. The van der Waals surface area contributed by atoms with Gasteiger partial charge < -0.3 is 20.6 Å². The number of nitrogens with zero attached hydrogens (tertiary/aromatic N) is 2. The van der Waals surface area contributed by atoms with Crippen molar-refractivity contribution < 1.29 is 32.2 Å². The van der Waals surface area contributed by atoms with Crippen LogP contribution in [0.15, 0.2) is 70.8 Å². The number of alkyl halides is 2. The van der Waals surface area contributed by atoms with Gasteiger partial charge in [-0.2, -0.15) is 11.8 Å². The summed E-state index contributed by atoms with van der Waals surface area (Å²) in [6.07, 6.45) is 1.49. The van der Waals surface area contributed by atoms with Crippen molar-refractivity contribution in [2.24, 2.45) is 21.1 Å². The van der Waals surface area contributed by atoms with Crippen LogP contribution in [0.1, 0.15) is 62.3 Å². The van der Waals surface area contributed by atoms with E-state index in [-0.39, 0.29) is 53.7 Å². The molecule has 0 fully saturated rings. The quantitative estimate of drug-likeness (QED) is 0.185. The second-order valence-corrected chi connectivity index (χ2v) is 14.3. The number of amidine groups is 2. The summed E-state index contributed by atoms with van der Waals surface area (Å²) in [6.45, 7) is 4.75. The molecule has 0 saturated carbocycles. The molecule has 260 valence electrons. The van der Waals surface area contributed by atoms with E-state index in [1.165, 1.54) is 50.9 Å². The van der Waals surface area contributed by atoms with Crippen LogP contribution >= 0.6 is 11.8 Å². The molecular formula is C37H40F4N4O3S. The van der Waals surface area contributed by atoms with E-state index in [4.69, 9.17) is 10.5 Å². The first-order valence-corrected chi connectivity index (χ1v) is 17.1. The number of rotatable bonds is 4. The number of halogens is 4. The molecule has 0 aliphatic carbocycles. The van der Waals surface area contributed by atoms with Crippen molar-refractivity contribution in [1.29, 1.82) is 0 Å². The fraction of sp³-hybridized carbons (Fsp3) is 0.378. The van der Waals surface area contributed by atoms with E-state index in [1.54, 1.807) is 43.5 Å². The number of aliphatic carboxylic acids is 1. The number of fused-ring (bicyclic) bond motifs is 5. The number of carbonyl (C=O) groups is 1. The molecule has 0 spiro atoms. The lowest BCUT2D eigenvalue weighted by Crippen LogP contribution is -2.44. The molecule has 4 N–H and O–H groups in total. The number of aromatic nitrogens is 1. The Hall–Kier alpha value is -4.32. The van der Waals surface area contributed by atoms with Crippen LogP contribution in [0.5, 0.6) is 11.5 Å². The molecule has 49 heavy (non-hydrogen) atoms. The third-order valence-corrected chi connectivity index (χ3v) is 10.8. The summed E-state index contributed by atoms with van der Waals surface area (Å²) >= 11 is 1.35. The molecule has 0 amide bonds. The smallest absolute Gasteiger partial charge is 0.303 e. The van der Waals surface area contributed by atoms with Crippen molar-refractivity contribution in [3.63, 3.8) is 0 Å². The van der Waals surface area contributed by atoms with Gasteiger partial charge in [0.15, 0.2) is 17.4 Å². The number of carboxylic acid groups (broad SMARTS) is 1. The van der Waals surface area contributed by atoms with Crippen LogP contribution in [-0.4, -0.2) is 52.2 Å². The molecule has 4 aromatic rings. The topological polar surface area (TPSA) is 113 Å². The standard InChI is InChI=1S/C37H40F4N4O3S/c1-35(2)21-49-17-13-26-25-12-16-44-30(25)20-29(39)32(26)48-24-9-10-28(38)27(19-24)33(43-4)45-34(42)36(3,14-15-37(35,40)41)23-7-5-6-22(18-23)8-11-31(46)47/h5-7,9-10,12,16,18-20,44H,8,11,13-15,17,21H2,1-4H3,(H,46,47)(H2,42,43,45). The summed E-state index contributed by atoms with van der Waals surface area (Å²) in [5.41, 5.74) is 6.30. The highest BCUT2D eigenvalue weighted by Gasteiger charge is 2.48. The van der Waals surface area contributed by atoms with Crippen LogP contribution < -0.4 is 10.5 Å². The molecule has 5 rings (SSSR count). The van der Waals surface area contributed by atoms with Crippen LogP contribution in [0.25, 0.3) is 10.9 Å². The molecular weight excluding hydrogens is 656 g/mol. The maximum Gasteiger partial charge on any atom is 0.303 e. The number of aryl methyl sites for hydroxylation is 2. The SMILES string of the molecule is CN=C1N=C(N)C(C)(c2cccc(CCC(=O)O)c2)CCC(F)(F)C(C)(C)CSCCc2c(c(F)cc3[nH]ccc23)Oc2ccc(F)c1c2. The minimum Gasteiger partial charge on any atom is -0.481 e. The average molecular weight is 697 g/mol. The molecule has 3 aromatic carbocycles. The fourth-order valence-electron chi connectivity index (χ4n) is 6.00. The first kappa shape index (κ1) is 36.0. The molecule has 2 heterocycles. The lowest BCUT2D eigenvalue weighted by molar-refractivity contribution is -0.136. The summed E-state index contributed by atoms with van der Waals surface area (Å²) in [5, 5.41) is 9.95. The van der Waals surface area contributed by atoms with Gasteiger partial charge in [0.1, 0.15) is 17.4 Å². The Balaban J connectivity index is 1.65. The average Bonchev–Trinajstić information content (AvgIpc) is 3.53. The van der Waals surface area contributed by atoms with E-state index >= 15 is 17.6 Å². The monoisotopic (exact) mass is 696 g/mol. The number of aromatic amines is 1. The van der Waals surface area contributed by atoms with E-state index in [9.17, 15) is 9.90 Å². The third-order valence-electron chi connectivity index (χ3n) is 9.35. The zero-order chi connectivity index (χ0) is 35.6. The first-order valence-electron chi connectivity index (χ1n) is 16.0. The Kier molecular flexibility index (Phi) is 10.5. The number of hydrogen-bond acceptors (Lipinski definition) is 5. The fourth-order valence-corrected chi connectivity index (χ4v) is 7.22. The molecule has 1 aliphatic rings. The van der Waals surface area contributed by atoms with E-state index in [2.05, 4.69) is 15.0 Å². The highest BCUT2D eigenvalue weighted by atomic mass is 32.2. The molecule has 1 unspecified atom stereocenters. The maximum absolute atomic E-state index is 16.2. The van der Waals surface area contributed by atoms with Gasteiger partial charge in [-0.25, -0.2) is 22.6 Å². The Labute approximate surface area is 287 Å². The van der Waals surface area contributed by atoms with Gasteiger partial charge in [-0.3, -0.25) is 9.79 Å². The Bertz CT molecular complexity index is 1920. The number of aliphatic imine (C=N–C) groups is 2. The van der Waals surface area contributed by atoms with Gasteiger partial charge >= 0.3 is 5.97 Å². The number of carboxylic acids is 1. The van der Waals surface area contributed by atoms with Crippen molar-refractivity contribution in [3.8, 4) is 11.5 Å². The summed E-state index contributed by atoms with van der Waals surface area (Å²) in [4.78, 5) is 23.0. The van der Waals surface area contributed by atoms with E-state index in [0.29, 0.717) is 34.4 Å². The molecule has 1 aliphatic heterocycles. The van der Waals surface area contributed by atoms with Crippen LogP contribution in [0.2, 0.25) is 0 Å². The minimum absolute atomic E-state index is 0.0377. The summed E-state index contributed by atoms with van der Waals surface area (Å²) in [7, 11) is 1.40. The van der Waals surface area contributed by atoms with Crippen molar-refractivity contribution in [2.45, 2.75) is 64.2 Å². The van der Waals surface area contributed by atoms with Gasteiger partial charge in [-0.05, 0) is 67.3 Å². The first-order chi connectivity index (χ1) is 23.1. The summed E-state index contributed by atoms with van der Waals surface area (Å²) in [5.74, 6) is -4.97. The molecule has 0 saturated heterocycles. The summed E-state index contributed by atoms with van der Waals surface area (Å²) < 4.78 is 69.5. The van der Waals surface area contributed by atoms with Crippen LogP contribution in [0.4, 0.5) is 17.6 Å². The molecule has 7 nitrogen and oxygen atoms in total. The number of benzene rings is 3. The normalized spacial score (nSPS) is 20.9. The van der Waals surface area contributed by atoms with E-state index < -0.39 is 40.8 Å². The zero-order valence-corrected chi connectivity index (χ0v) is 28.7. The summed E-state index contributed by atoms with van der Waals surface area (Å²) in [6, 6.07) is 14.0. The number of H-pyrrole nitrogens is 1. The second kappa shape index (κ2) is 14.3. The number of thioether (sulfide) groups is 1. The Morgan fingerprint density at radius 1 is 1.08 bits per heavy atom. The van der Waals surface area contributed by atoms with Crippen molar-refractivity contribution in [2.75, 3.05) is 18.6 Å². The Morgan fingerprint density at radius 3 is 2.59 bits per heavy atom. The van der Waals surface area contributed by atoms with Crippen LogP contribution in [-0.2, 0) is 23.1 Å². The molecule has 2 bridgehead atoms. The van der Waals surface area contributed by atoms with Gasteiger partial charge in [0.25, 0.3) is 5.92 Å². The van der Waals surface area contributed by atoms with Crippen molar-refractivity contribution >= 4 is 40.3 Å². The zero-order valence-electron chi connectivity index (χ0n) is 27.9. The van der Waals surface area contributed by atoms with Crippen molar-refractivity contribution in [1.82, 2.24) is 4.98 Å². The largest absolute Gasteiger partial charge is 0.481 e. The van der Waals surface area contributed by atoms with Gasteiger partial charge in [0.2, 0.25) is 0 Å². The number of nitrogens with one attached hydrogen (secondary N) is 1. The maximum atomic E-state index is 16.2. The van der Waals surface area contributed by atoms with Crippen molar-refractivity contribution in [3.05, 3.63) is 94.7 Å². The highest BCUT2D eigenvalue weighted by Crippen LogP contribution is 2.45. The number of hydrogen-bond donors (Lipinski definition) is 3. The minimum atomic E-state index is -3.14. The van der Waals surface area contributed by atoms with Crippen LogP contribution in [0.3, 0.4) is 0 Å². The highest BCUT2D eigenvalue weighted by molar-refractivity contribution is 7.99. The van der Waals surface area contributed by atoms with Gasteiger partial charge in [0.05, 0.1) is 11.0 Å². The number of nitrogens with two attached hydrogens (primary N) is 1. The molecule has 1 aromatic heterocycles. The number of ether oxygens (including phenoxy) is 1. The molecule has 12 heteroatoms. The van der Waals surface area contributed by atoms with E-state index in [0.717, 1.165) is 11.5 Å². The third kappa shape index (κ3) is 7.64. The Morgan fingerprint density at radius 2 is 1.86 bits per heavy atom.